The van der Waals surface area contributed by atoms with Gasteiger partial charge in [0.05, 0.1) is 28.4 Å². The third-order valence-corrected chi connectivity index (χ3v) is 13.0. The normalized spacial score (nSPS) is 18.0. The Morgan fingerprint density at radius 2 is 1.11 bits per heavy atom. The summed E-state index contributed by atoms with van der Waals surface area (Å²) in [5.41, 5.74) is 9.40. The molecule has 4 atom stereocenters. The molecule has 10 heteroatoms. The topological polar surface area (TPSA) is 80.3 Å². The summed E-state index contributed by atoms with van der Waals surface area (Å²) in [6.07, 6.45) is 17.4. The number of hydrogen-bond acceptors (Lipinski definition) is 7. The van der Waals surface area contributed by atoms with Crippen LogP contribution in [0, 0.1) is 25.7 Å². The van der Waals surface area contributed by atoms with E-state index in [1.165, 1.54) is 88.4 Å². The molecular formula is C53H75BrO7SZn. The van der Waals surface area contributed by atoms with Gasteiger partial charge in [-0.15, -0.1) is 0 Å². The molecule has 0 N–H and O–H groups in total. The van der Waals surface area contributed by atoms with Gasteiger partial charge in [-0.25, -0.2) is 0 Å². The van der Waals surface area contributed by atoms with E-state index in [0.29, 0.717) is 17.4 Å². The summed E-state index contributed by atoms with van der Waals surface area (Å²) < 4.78 is 53.9. The Kier molecular flexibility index (Phi) is 25.3. The summed E-state index contributed by atoms with van der Waals surface area (Å²) in [6.45, 7) is 26.9. The Morgan fingerprint density at radius 3 is 1.46 bits per heavy atom. The molecule has 0 amide bonds. The second-order valence-electron chi connectivity index (χ2n) is 16.7. The van der Waals surface area contributed by atoms with E-state index in [4.69, 9.17) is 23.1 Å². The molecule has 2 aliphatic rings. The minimum absolute atomic E-state index is 0.0268. The maximum atomic E-state index is 12.8. The van der Waals surface area contributed by atoms with Crippen molar-refractivity contribution in [3.05, 3.63) is 125 Å². The van der Waals surface area contributed by atoms with Gasteiger partial charge in [0, 0.05) is 35.1 Å². The molecule has 3 aromatic carbocycles. The van der Waals surface area contributed by atoms with Crippen LogP contribution in [0.2, 0.25) is 0 Å². The molecule has 5 rings (SSSR count). The molecule has 0 aromatic heterocycles. The zero-order valence-corrected chi connectivity index (χ0v) is 45.7. The van der Waals surface area contributed by atoms with Crippen molar-refractivity contribution in [3.63, 3.8) is 0 Å². The van der Waals surface area contributed by atoms with Crippen molar-refractivity contribution in [1.29, 1.82) is 0 Å². The predicted molar refractivity (Wildman–Crippen MR) is 263 cm³/mol. The van der Waals surface area contributed by atoms with Gasteiger partial charge in [0.15, 0.2) is 0 Å². The fourth-order valence-electron chi connectivity index (χ4n) is 8.28. The van der Waals surface area contributed by atoms with Gasteiger partial charge in [0.25, 0.3) is 0 Å². The zero-order valence-electron chi connectivity index (χ0n) is 40.3. The van der Waals surface area contributed by atoms with Gasteiger partial charge < -0.3 is 30.1 Å². The number of methoxy groups -OCH3 is 4. The number of allylic oxidation sites excluding steroid dienone is 6. The molecule has 7 nitrogen and oxygen atoms in total. The van der Waals surface area contributed by atoms with E-state index < -0.39 is 10.1 Å². The summed E-state index contributed by atoms with van der Waals surface area (Å²) in [4.78, 5) is 0.0910. The second kappa shape index (κ2) is 28.6. The van der Waals surface area contributed by atoms with Crippen molar-refractivity contribution in [2.24, 2.45) is 11.8 Å². The Hall–Kier alpha value is -3.33. The van der Waals surface area contributed by atoms with E-state index in [2.05, 4.69) is 92.6 Å². The van der Waals surface area contributed by atoms with E-state index >= 15 is 0 Å². The molecule has 0 aliphatic heterocycles. The van der Waals surface area contributed by atoms with Crippen molar-refractivity contribution in [2.45, 2.75) is 136 Å². The predicted octanol–water partition coefficient (Wildman–Crippen LogP) is 15.1. The number of rotatable bonds is 17. The first-order valence-electron chi connectivity index (χ1n) is 22.3. The molecule has 0 heterocycles. The van der Waals surface area contributed by atoms with Gasteiger partial charge in [-0.3, -0.25) is 0 Å². The van der Waals surface area contributed by atoms with Crippen molar-refractivity contribution in [3.8, 4) is 28.7 Å². The van der Waals surface area contributed by atoms with Crippen molar-refractivity contribution >= 4 is 23.7 Å². The number of unbranched alkanes of at least 4 members (excludes halogenated alkanes) is 4. The number of hydrogen-bond donors (Lipinski definition) is 0. The molecule has 0 spiro atoms. The molecule has 344 valence electrons. The zero-order chi connectivity index (χ0) is 47.3. The molecule has 0 saturated carbocycles. The van der Waals surface area contributed by atoms with E-state index in [1.54, 1.807) is 52.7 Å². The molecular weight excluding hydrogens is 926 g/mol. The molecule has 3 aromatic rings. The molecule has 2 aliphatic carbocycles. The first-order chi connectivity index (χ1) is 30.1. The number of halogens is 1. The van der Waals surface area contributed by atoms with Crippen LogP contribution in [0.15, 0.2) is 101 Å². The molecule has 0 saturated heterocycles. The molecule has 63 heavy (non-hydrogen) atoms. The van der Waals surface area contributed by atoms with Crippen LogP contribution in [-0.2, 0) is 32.9 Å². The second-order valence-corrected chi connectivity index (χ2v) is 18.3. The third-order valence-electron chi connectivity index (χ3n) is 11.7. The van der Waals surface area contributed by atoms with Gasteiger partial charge in [-0.05, 0) is 115 Å². The summed E-state index contributed by atoms with van der Waals surface area (Å²) in [5, 5.41) is 0. The fraction of sp³-hybridized carbons (Fsp3) is 0.491. The van der Waals surface area contributed by atoms with E-state index in [-0.39, 0.29) is 28.4 Å². The van der Waals surface area contributed by atoms with Crippen LogP contribution in [-0.4, -0.2) is 36.9 Å². The first-order valence-corrected chi connectivity index (χ1v) is 30.7. The van der Waals surface area contributed by atoms with Gasteiger partial charge in [0.1, 0.15) is 33.6 Å². The van der Waals surface area contributed by atoms with Gasteiger partial charge in [-0.2, -0.15) is 14.8 Å². The van der Waals surface area contributed by atoms with E-state index in [9.17, 15) is 8.42 Å². The van der Waals surface area contributed by atoms with Crippen LogP contribution in [0.5, 0.6) is 28.7 Å². The van der Waals surface area contributed by atoms with Gasteiger partial charge >= 0.3 is 40.1 Å². The van der Waals surface area contributed by atoms with Crippen molar-refractivity contribution in [1.82, 2.24) is 0 Å². The van der Waals surface area contributed by atoms with Crippen LogP contribution in [0.3, 0.4) is 0 Å². The van der Waals surface area contributed by atoms with Crippen LogP contribution >= 0.6 is 13.6 Å². The number of ether oxygens (including phenoxy) is 4. The van der Waals surface area contributed by atoms with E-state index in [1.807, 2.05) is 13.8 Å². The molecule has 0 radical (unpaired) electrons. The summed E-state index contributed by atoms with van der Waals surface area (Å²) in [6, 6.07) is 14.2. The Bertz CT molecular complexity index is 2020. The molecule has 0 bridgehead atoms. The Labute approximate surface area is 399 Å². The van der Waals surface area contributed by atoms with Crippen molar-refractivity contribution < 1.29 is 47.9 Å². The number of benzene rings is 3. The monoisotopic (exact) mass is 998 g/mol. The fourth-order valence-corrected chi connectivity index (χ4v) is 9.19. The molecule has 0 fully saturated rings. The number of aryl methyl sites for hydroxylation is 2. The minimum atomic E-state index is -3.99. The first kappa shape index (κ1) is 55.8. The summed E-state index contributed by atoms with van der Waals surface area (Å²) >= 11 is 4.25. The quantitative estimate of drug-likeness (QED) is 0.0438. The summed E-state index contributed by atoms with van der Waals surface area (Å²) in [5.74, 6) is 4.08. The maximum absolute atomic E-state index is 12.8. The third kappa shape index (κ3) is 16.6. The van der Waals surface area contributed by atoms with Gasteiger partial charge in [-0.1, -0.05) is 105 Å². The SMILES string of the molecule is C=C(C)[C@@H]1CCC(C)=C[C@H]1c1c(OC)cc(CCCCC)cc1OC.C=C(C)[C@@H]1CCC(C)=C[C@H]1c1c(OC)cc(OS(=O)(=O)c2ccc(C)cc2)cc1OC.[CH2-]CCCC.[Zn+][Br]. The van der Waals surface area contributed by atoms with Crippen molar-refractivity contribution in [2.75, 3.05) is 28.4 Å². The van der Waals surface area contributed by atoms with E-state index in [0.717, 1.165) is 66.7 Å². The van der Waals surface area contributed by atoms with Crippen LogP contribution in [0.25, 0.3) is 0 Å². The Morgan fingerprint density at radius 1 is 0.698 bits per heavy atom. The van der Waals surface area contributed by atoms with Crippen LogP contribution in [0.1, 0.15) is 140 Å². The summed E-state index contributed by atoms with van der Waals surface area (Å²) in [7, 11) is 2.67. The van der Waals surface area contributed by atoms with Crippen LogP contribution in [0.4, 0.5) is 0 Å². The average Bonchev–Trinajstić information content (AvgIpc) is 3.26. The van der Waals surface area contributed by atoms with Gasteiger partial charge in [0.2, 0.25) is 0 Å². The van der Waals surface area contributed by atoms with Crippen LogP contribution < -0.4 is 23.1 Å². The average molecular weight is 1000 g/mol. The Balaban J connectivity index is 0.000000384. The standard InChI is InChI=1S/C25H30O5S.C23H34O2.C5H11.BrH.Zn/c1-16(2)21-12-9-18(4)13-22(21)25-23(28-5)14-19(15-24(25)29-6)30-31(26,27)20-10-7-17(3)8-11-20;1-7-8-9-10-18-14-21(24-5)23(22(15-18)25-6)20-13-17(4)11-12-19(20)16(2)3;1-3-5-4-2;;/h7-8,10-11,13-15,21-22H,1,9,12H2,2-6H3;13-15,19-20H,2,7-12H2,1,3-6H3;1,3-5H2,2H3;1H;/q;;-1;;+2/p-1/t21-,22+;19-,20+;;;/m00.../s1. The molecule has 0 unspecified atom stereocenters.